The van der Waals surface area contributed by atoms with Crippen molar-refractivity contribution in [2.75, 3.05) is 0 Å². The third-order valence-electron chi connectivity index (χ3n) is 3.71. The zero-order valence-corrected chi connectivity index (χ0v) is 10.9. The molecule has 3 rings (SSSR count). The maximum absolute atomic E-state index is 4.34. The van der Waals surface area contributed by atoms with Gasteiger partial charge in [-0.2, -0.15) is 0 Å². The van der Waals surface area contributed by atoms with Crippen LogP contribution < -0.4 is 5.32 Å². The summed E-state index contributed by atoms with van der Waals surface area (Å²) in [4.78, 5) is 4.34. The van der Waals surface area contributed by atoms with Crippen LogP contribution in [-0.2, 0) is 6.54 Å². The lowest BCUT2D eigenvalue weighted by atomic mass is 10.1. The Morgan fingerprint density at radius 1 is 1.33 bits per heavy atom. The molecular weight excluding hydrogens is 220 g/mol. The summed E-state index contributed by atoms with van der Waals surface area (Å²) in [5, 5.41) is 4.84. The minimum absolute atomic E-state index is 0.627. The zero-order valence-electron chi connectivity index (χ0n) is 10.9. The van der Waals surface area contributed by atoms with Gasteiger partial charge in [-0.05, 0) is 43.0 Å². The van der Waals surface area contributed by atoms with Crippen LogP contribution in [0.4, 0.5) is 0 Å². The highest BCUT2D eigenvalue weighted by Gasteiger charge is 2.23. The van der Waals surface area contributed by atoms with Crippen molar-refractivity contribution in [1.29, 1.82) is 0 Å². The molecule has 18 heavy (non-hydrogen) atoms. The van der Waals surface area contributed by atoms with Crippen molar-refractivity contribution in [1.82, 2.24) is 10.3 Å². The van der Waals surface area contributed by atoms with Crippen LogP contribution in [0.1, 0.15) is 31.7 Å². The molecule has 1 N–H and O–H groups in total. The van der Waals surface area contributed by atoms with Crippen molar-refractivity contribution < 1.29 is 0 Å². The molecule has 1 unspecified atom stereocenters. The van der Waals surface area contributed by atoms with Gasteiger partial charge in [0.25, 0.3) is 0 Å². The van der Waals surface area contributed by atoms with Gasteiger partial charge in [0, 0.05) is 24.2 Å². The van der Waals surface area contributed by atoms with Gasteiger partial charge in [-0.15, -0.1) is 0 Å². The van der Waals surface area contributed by atoms with Gasteiger partial charge in [0.2, 0.25) is 0 Å². The number of fused-ring (bicyclic) bond motifs is 1. The van der Waals surface area contributed by atoms with Crippen LogP contribution in [0.3, 0.4) is 0 Å². The van der Waals surface area contributed by atoms with E-state index in [1.54, 1.807) is 0 Å². The van der Waals surface area contributed by atoms with E-state index in [-0.39, 0.29) is 0 Å². The highest BCUT2D eigenvalue weighted by atomic mass is 14.9. The Morgan fingerprint density at radius 2 is 2.22 bits per heavy atom. The molecule has 0 bridgehead atoms. The molecule has 1 heterocycles. The topological polar surface area (TPSA) is 24.9 Å². The Kier molecular flexibility index (Phi) is 3.28. The summed E-state index contributed by atoms with van der Waals surface area (Å²) in [6.45, 7) is 3.25. The lowest BCUT2D eigenvalue weighted by molar-refractivity contribution is 0.488. The highest BCUT2D eigenvalue weighted by molar-refractivity contribution is 5.78. The average molecular weight is 240 g/mol. The van der Waals surface area contributed by atoms with Gasteiger partial charge in [0.15, 0.2) is 0 Å². The molecule has 2 nitrogen and oxygen atoms in total. The van der Waals surface area contributed by atoms with Crippen LogP contribution in [0.25, 0.3) is 10.9 Å². The Morgan fingerprint density at radius 3 is 3.06 bits per heavy atom. The summed E-state index contributed by atoms with van der Waals surface area (Å²) < 4.78 is 0. The normalized spacial score (nSPS) is 16.9. The average Bonchev–Trinajstić information content (AvgIpc) is 3.20. The van der Waals surface area contributed by atoms with Gasteiger partial charge in [0.05, 0.1) is 5.52 Å². The quantitative estimate of drug-likeness (QED) is 0.865. The Bertz CT molecular complexity index is 531. The van der Waals surface area contributed by atoms with Gasteiger partial charge < -0.3 is 5.32 Å². The minimum atomic E-state index is 0.627. The molecule has 1 aromatic carbocycles. The summed E-state index contributed by atoms with van der Waals surface area (Å²) in [6, 6.07) is 11.3. The molecule has 1 aliphatic carbocycles. The molecule has 0 aliphatic heterocycles. The SMILES string of the molecule is CC(CC1CC1)NCc1ccc2ncccc2c1. The van der Waals surface area contributed by atoms with Crippen LogP contribution in [-0.4, -0.2) is 11.0 Å². The fraction of sp³-hybridized carbons (Fsp3) is 0.438. The number of nitrogens with zero attached hydrogens (tertiary/aromatic N) is 1. The molecule has 2 aromatic rings. The van der Waals surface area contributed by atoms with Crippen molar-refractivity contribution in [3.05, 3.63) is 42.1 Å². The van der Waals surface area contributed by atoms with E-state index in [4.69, 9.17) is 0 Å². The van der Waals surface area contributed by atoms with Crippen molar-refractivity contribution in [2.24, 2.45) is 5.92 Å². The molecule has 1 fully saturated rings. The standard InChI is InChI=1S/C16H20N2/c1-12(9-13-4-5-13)18-11-14-6-7-16-15(10-14)3-2-8-17-16/h2-3,6-8,10,12-13,18H,4-5,9,11H2,1H3. The van der Waals surface area contributed by atoms with E-state index < -0.39 is 0 Å². The first kappa shape index (κ1) is 11.7. The van der Waals surface area contributed by atoms with Gasteiger partial charge >= 0.3 is 0 Å². The lowest BCUT2D eigenvalue weighted by Gasteiger charge is -2.13. The van der Waals surface area contributed by atoms with Gasteiger partial charge in [-0.3, -0.25) is 4.98 Å². The number of rotatable bonds is 5. The maximum atomic E-state index is 4.34. The molecular formula is C16H20N2. The predicted molar refractivity (Wildman–Crippen MR) is 75.4 cm³/mol. The first-order valence-electron chi connectivity index (χ1n) is 6.88. The summed E-state index contributed by atoms with van der Waals surface area (Å²) in [7, 11) is 0. The molecule has 94 valence electrons. The number of hydrogen-bond acceptors (Lipinski definition) is 2. The van der Waals surface area contributed by atoms with Crippen LogP contribution in [0.2, 0.25) is 0 Å². The maximum Gasteiger partial charge on any atom is 0.0702 e. The van der Waals surface area contributed by atoms with E-state index in [1.807, 2.05) is 12.3 Å². The van der Waals surface area contributed by atoms with E-state index in [0.717, 1.165) is 18.0 Å². The van der Waals surface area contributed by atoms with Gasteiger partial charge in [-0.1, -0.05) is 25.0 Å². The van der Waals surface area contributed by atoms with Crippen molar-refractivity contribution in [3.63, 3.8) is 0 Å². The lowest BCUT2D eigenvalue weighted by Crippen LogP contribution is -2.25. The van der Waals surface area contributed by atoms with E-state index in [9.17, 15) is 0 Å². The second-order valence-electron chi connectivity index (χ2n) is 5.49. The van der Waals surface area contributed by atoms with E-state index in [2.05, 4.69) is 41.5 Å². The van der Waals surface area contributed by atoms with Crippen molar-refractivity contribution >= 4 is 10.9 Å². The largest absolute Gasteiger partial charge is 0.310 e. The van der Waals surface area contributed by atoms with Crippen molar-refractivity contribution in [2.45, 2.75) is 38.8 Å². The third kappa shape index (κ3) is 2.88. The van der Waals surface area contributed by atoms with Gasteiger partial charge in [-0.25, -0.2) is 0 Å². The van der Waals surface area contributed by atoms with Crippen LogP contribution in [0.5, 0.6) is 0 Å². The molecule has 2 heteroatoms. The number of nitrogens with one attached hydrogen (secondary N) is 1. The van der Waals surface area contributed by atoms with Crippen LogP contribution in [0.15, 0.2) is 36.5 Å². The predicted octanol–water partition coefficient (Wildman–Crippen LogP) is 3.51. The molecule has 0 radical (unpaired) electrons. The van der Waals surface area contributed by atoms with E-state index in [1.165, 1.54) is 30.2 Å². The first-order valence-corrected chi connectivity index (χ1v) is 6.88. The Labute approximate surface area is 108 Å². The Balaban J connectivity index is 1.62. The molecule has 0 amide bonds. The number of hydrogen-bond donors (Lipinski definition) is 1. The highest BCUT2D eigenvalue weighted by Crippen LogP contribution is 2.33. The van der Waals surface area contributed by atoms with E-state index >= 15 is 0 Å². The number of pyridine rings is 1. The van der Waals surface area contributed by atoms with Crippen LogP contribution in [0, 0.1) is 5.92 Å². The molecule has 1 aromatic heterocycles. The first-order chi connectivity index (χ1) is 8.81. The molecule has 0 spiro atoms. The second kappa shape index (κ2) is 5.07. The monoisotopic (exact) mass is 240 g/mol. The molecule has 1 aliphatic rings. The Hall–Kier alpha value is -1.41. The van der Waals surface area contributed by atoms with E-state index in [0.29, 0.717) is 6.04 Å². The van der Waals surface area contributed by atoms with Crippen molar-refractivity contribution in [3.8, 4) is 0 Å². The third-order valence-corrected chi connectivity index (χ3v) is 3.71. The molecule has 1 saturated carbocycles. The second-order valence-corrected chi connectivity index (χ2v) is 5.49. The summed E-state index contributed by atoms with van der Waals surface area (Å²) >= 11 is 0. The number of benzene rings is 1. The molecule has 0 saturated heterocycles. The van der Waals surface area contributed by atoms with Crippen LogP contribution >= 0.6 is 0 Å². The summed E-state index contributed by atoms with van der Waals surface area (Å²) in [5.41, 5.74) is 2.42. The number of aromatic nitrogens is 1. The van der Waals surface area contributed by atoms with Gasteiger partial charge in [0.1, 0.15) is 0 Å². The zero-order chi connectivity index (χ0) is 12.4. The smallest absolute Gasteiger partial charge is 0.0702 e. The molecule has 1 atom stereocenters. The summed E-state index contributed by atoms with van der Waals surface area (Å²) in [6.07, 6.45) is 6.05. The fourth-order valence-electron chi connectivity index (χ4n) is 2.46. The summed E-state index contributed by atoms with van der Waals surface area (Å²) in [5.74, 6) is 0.994. The minimum Gasteiger partial charge on any atom is -0.310 e. The fourth-order valence-corrected chi connectivity index (χ4v) is 2.46.